The van der Waals surface area contributed by atoms with Crippen molar-refractivity contribution in [2.24, 2.45) is 0 Å². The lowest BCUT2D eigenvalue weighted by Gasteiger charge is -2.27. The largest absolute Gasteiger partial charge is 0.497 e. The summed E-state index contributed by atoms with van der Waals surface area (Å²) in [4.78, 5) is 45.5. The number of nitrogens with zero attached hydrogens (tertiary/aromatic N) is 8. The SMILES string of the molecule is COc1ccc(CN(Cc2ccc(OC)cc2)S(=O)(=O)c2c(S(=O)(=O)N[C@H]3CN(C(=O)OC(C)(C)C)C[C@H]3O)ccc(-c3cccc4c3nc(NC(=O)OC(C)(C)C)n4C(=O)OC(C)(C)C)c2-c2nnnn2Cc2ccc(OC)cc2)cc1. The Labute approximate surface area is 481 Å². The van der Waals surface area contributed by atoms with Crippen LogP contribution in [0.15, 0.2) is 113 Å². The first-order valence-corrected chi connectivity index (χ1v) is 29.2. The van der Waals surface area contributed by atoms with Crippen molar-refractivity contribution in [3.05, 3.63) is 120 Å². The minimum absolute atomic E-state index is 0.00145. The number of hydrogen-bond acceptors (Lipinski definition) is 18. The van der Waals surface area contributed by atoms with E-state index in [1.165, 1.54) is 38.1 Å². The molecule has 1 aliphatic rings. The topological polar surface area (TPSA) is 287 Å². The molecule has 5 aromatic carbocycles. The number of rotatable bonds is 17. The van der Waals surface area contributed by atoms with Gasteiger partial charge in [0.15, 0.2) is 5.82 Å². The van der Waals surface area contributed by atoms with Gasteiger partial charge < -0.3 is 38.4 Å². The molecule has 3 heterocycles. The third kappa shape index (κ3) is 14.4. The monoisotopic (exact) mass is 1180 g/mol. The van der Waals surface area contributed by atoms with Gasteiger partial charge in [-0.3, -0.25) is 5.32 Å². The van der Waals surface area contributed by atoms with E-state index in [2.05, 4.69) is 25.6 Å². The number of imidazole rings is 1. The predicted molar refractivity (Wildman–Crippen MR) is 306 cm³/mol. The molecule has 2 atom stereocenters. The average molecular weight is 1180 g/mol. The van der Waals surface area contributed by atoms with Crippen molar-refractivity contribution < 1.29 is 64.7 Å². The number of nitrogens with one attached hydrogen (secondary N) is 2. The summed E-state index contributed by atoms with van der Waals surface area (Å²) in [5.41, 5.74) is -1.56. The fourth-order valence-corrected chi connectivity index (χ4v) is 12.7. The summed E-state index contributed by atoms with van der Waals surface area (Å²) in [7, 11) is -5.88. The Morgan fingerprint density at radius 2 is 1.19 bits per heavy atom. The summed E-state index contributed by atoms with van der Waals surface area (Å²) >= 11 is 0. The first-order chi connectivity index (χ1) is 39.0. The summed E-state index contributed by atoms with van der Waals surface area (Å²) in [5.74, 6) is 0.945. The number of anilines is 1. The highest BCUT2D eigenvalue weighted by Gasteiger charge is 2.43. The summed E-state index contributed by atoms with van der Waals surface area (Å²) < 4.78 is 104. The summed E-state index contributed by atoms with van der Waals surface area (Å²) in [5, 5.41) is 26.9. The lowest BCUT2D eigenvalue weighted by atomic mass is 9.97. The van der Waals surface area contributed by atoms with Crippen LogP contribution in [0.4, 0.5) is 20.3 Å². The second-order valence-corrected chi connectivity index (χ2v) is 26.1. The smallest absolute Gasteiger partial charge is 0.421 e. The van der Waals surface area contributed by atoms with Gasteiger partial charge in [-0.1, -0.05) is 54.6 Å². The van der Waals surface area contributed by atoms with E-state index in [-0.39, 0.29) is 72.2 Å². The standard InChI is InChI=1S/C57H68N10O14S2/c1-55(2,3)79-52(69)59-51-58-48-42(14-13-15-44(48)67(51)54(71)81-57(7,8)9)41-28-29-46(82(72,73)61-43-33-64(34-45(43)68)53(70)80-56(4,5)6)49(47(41)50-60-62-63-66(50)32-37-20-26-40(78-12)27-21-37)83(74,75)65(30-35-16-22-38(76-10)23-17-35)31-36-18-24-39(77-11)25-19-36/h13-29,43,45,61,68H,30-34H2,1-12H3,(H,58,59,69)/t43-,45+/m0/s1. The maximum absolute atomic E-state index is 16.7. The maximum Gasteiger partial charge on any atom is 0.421 e. The second kappa shape index (κ2) is 24.0. The number of likely N-dealkylation sites (tertiary alicyclic amines) is 1. The van der Waals surface area contributed by atoms with E-state index in [0.717, 1.165) is 19.8 Å². The normalized spacial score (nSPS) is 15.1. The van der Waals surface area contributed by atoms with Crippen LogP contribution in [0.1, 0.15) is 79.0 Å². The third-order valence-corrected chi connectivity index (χ3v) is 16.2. The van der Waals surface area contributed by atoms with Crippen LogP contribution in [0.25, 0.3) is 33.5 Å². The quantitative estimate of drug-likeness (QED) is 0.0724. The average Bonchev–Trinajstić information content (AvgIpc) is 1.98. The number of tetrazole rings is 1. The molecule has 0 bridgehead atoms. The Morgan fingerprint density at radius 1 is 0.663 bits per heavy atom. The minimum Gasteiger partial charge on any atom is -0.497 e. The van der Waals surface area contributed by atoms with Gasteiger partial charge in [-0.2, -0.15) is 4.31 Å². The van der Waals surface area contributed by atoms with E-state index >= 15 is 16.8 Å². The maximum atomic E-state index is 16.7. The number of aromatic nitrogens is 6. The zero-order valence-corrected chi connectivity index (χ0v) is 49.8. The molecule has 7 aromatic rings. The van der Waals surface area contributed by atoms with Gasteiger partial charge >= 0.3 is 18.3 Å². The molecule has 442 valence electrons. The zero-order chi connectivity index (χ0) is 60.4. The first kappa shape index (κ1) is 60.9. The molecule has 24 nitrogen and oxygen atoms in total. The van der Waals surface area contributed by atoms with E-state index in [9.17, 15) is 19.5 Å². The minimum atomic E-state index is -5.24. The highest BCUT2D eigenvalue weighted by molar-refractivity contribution is 7.92. The van der Waals surface area contributed by atoms with Crippen molar-refractivity contribution in [3.8, 4) is 39.8 Å². The number of β-amino-alcohol motifs (C(OH)–C–C–N with tert-alkyl or cyclic N) is 1. The van der Waals surface area contributed by atoms with Gasteiger partial charge in [0, 0.05) is 25.2 Å². The van der Waals surface area contributed by atoms with Crippen LogP contribution in [-0.4, -0.2) is 143 Å². The van der Waals surface area contributed by atoms with E-state index in [1.54, 1.807) is 147 Å². The number of fused-ring (bicyclic) bond motifs is 1. The van der Waals surface area contributed by atoms with Crippen molar-refractivity contribution >= 4 is 55.3 Å². The molecule has 2 amide bonds. The number of hydrogen-bond donors (Lipinski definition) is 3. The van der Waals surface area contributed by atoms with Crippen LogP contribution in [0.3, 0.4) is 0 Å². The number of amides is 2. The molecule has 83 heavy (non-hydrogen) atoms. The van der Waals surface area contributed by atoms with Gasteiger partial charge in [-0.15, -0.1) is 5.10 Å². The number of aliphatic hydroxyl groups is 1. The molecule has 0 radical (unpaired) electrons. The van der Waals surface area contributed by atoms with Crippen molar-refractivity contribution in [2.45, 2.75) is 121 Å². The third-order valence-electron chi connectivity index (χ3n) is 12.7. The fraction of sp³-hybridized carbons (Fsp3) is 0.386. The fourth-order valence-electron chi connectivity index (χ4n) is 9.02. The number of methoxy groups -OCH3 is 3. The van der Waals surface area contributed by atoms with E-state index in [0.29, 0.717) is 33.9 Å². The molecule has 8 rings (SSSR count). The molecular weight excluding hydrogens is 1110 g/mol. The molecule has 0 spiro atoms. The Balaban J connectivity index is 1.45. The molecule has 1 saturated heterocycles. The van der Waals surface area contributed by atoms with Gasteiger partial charge in [0.1, 0.15) is 43.8 Å². The van der Waals surface area contributed by atoms with Gasteiger partial charge in [-0.05, 0) is 144 Å². The van der Waals surface area contributed by atoms with E-state index in [4.69, 9.17) is 33.4 Å². The van der Waals surface area contributed by atoms with Crippen molar-refractivity contribution in [1.82, 2.24) is 43.7 Å². The molecule has 0 aliphatic carbocycles. The van der Waals surface area contributed by atoms with Crippen LogP contribution < -0.4 is 24.2 Å². The van der Waals surface area contributed by atoms with Gasteiger partial charge in [-0.25, -0.2) is 50.2 Å². The first-order valence-electron chi connectivity index (χ1n) is 26.2. The highest BCUT2D eigenvalue weighted by atomic mass is 32.2. The van der Waals surface area contributed by atoms with E-state index in [1.807, 2.05) is 0 Å². The Morgan fingerprint density at radius 3 is 1.72 bits per heavy atom. The van der Waals surface area contributed by atoms with Crippen molar-refractivity contribution in [2.75, 3.05) is 39.7 Å². The predicted octanol–water partition coefficient (Wildman–Crippen LogP) is 8.21. The number of benzene rings is 5. The van der Waals surface area contributed by atoms with Crippen molar-refractivity contribution in [3.63, 3.8) is 0 Å². The summed E-state index contributed by atoms with van der Waals surface area (Å²) in [6, 6.07) is 26.0. The lowest BCUT2D eigenvalue weighted by molar-refractivity contribution is 0.0269. The molecule has 26 heteroatoms. The molecular formula is C57H68N10O14S2. The number of carbonyl (C=O) groups excluding carboxylic acids is 3. The van der Waals surface area contributed by atoms with Crippen LogP contribution in [0.2, 0.25) is 0 Å². The molecule has 3 N–H and O–H groups in total. The molecule has 0 saturated carbocycles. The Kier molecular flexibility index (Phi) is 17.6. The molecule has 1 fully saturated rings. The second-order valence-electron chi connectivity index (χ2n) is 22.5. The highest BCUT2D eigenvalue weighted by Crippen LogP contribution is 2.44. The number of para-hydroxylation sites is 1. The van der Waals surface area contributed by atoms with Crippen LogP contribution >= 0.6 is 0 Å². The zero-order valence-electron chi connectivity index (χ0n) is 48.2. The van der Waals surface area contributed by atoms with Gasteiger partial charge in [0.25, 0.3) is 0 Å². The summed E-state index contributed by atoms with van der Waals surface area (Å²) in [6.45, 7) is 13.5. The number of carbonyl (C=O) groups is 3. The van der Waals surface area contributed by atoms with Crippen LogP contribution in [0.5, 0.6) is 17.2 Å². The number of ether oxygens (including phenoxy) is 6. The van der Waals surface area contributed by atoms with Crippen LogP contribution in [0, 0.1) is 0 Å². The van der Waals surface area contributed by atoms with Gasteiger partial charge in [0.05, 0.1) is 63.2 Å². The summed E-state index contributed by atoms with van der Waals surface area (Å²) in [6.07, 6.45) is -4.20. The molecule has 1 aliphatic heterocycles. The molecule has 0 unspecified atom stereocenters. The van der Waals surface area contributed by atoms with Crippen LogP contribution in [-0.2, 0) is 53.9 Å². The van der Waals surface area contributed by atoms with E-state index < -0.39 is 77.1 Å². The van der Waals surface area contributed by atoms with Gasteiger partial charge in [0.2, 0.25) is 26.0 Å². The number of sulfonamides is 2. The number of aliphatic hydroxyl groups excluding tert-OH is 1. The molecule has 2 aromatic heterocycles. The Hall–Kier alpha value is -8.17. The van der Waals surface area contributed by atoms with Crippen molar-refractivity contribution in [1.29, 1.82) is 0 Å². The lowest BCUT2D eigenvalue weighted by Crippen LogP contribution is -2.44. The Bertz CT molecular complexity index is 3690.